The first-order valence-corrected chi connectivity index (χ1v) is 7.58. The lowest BCUT2D eigenvalue weighted by atomic mass is 10.0. The van der Waals surface area contributed by atoms with Crippen molar-refractivity contribution in [2.75, 3.05) is 6.54 Å². The average molecular weight is 308 g/mol. The Morgan fingerprint density at radius 1 is 1.26 bits per heavy atom. The highest BCUT2D eigenvalue weighted by molar-refractivity contribution is 5.95. The third-order valence-corrected chi connectivity index (χ3v) is 4.36. The molecule has 6 heteroatoms. The van der Waals surface area contributed by atoms with Crippen molar-refractivity contribution in [2.45, 2.75) is 19.9 Å². The summed E-state index contributed by atoms with van der Waals surface area (Å²) in [6.07, 6.45) is 2.21. The zero-order valence-corrected chi connectivity index (χ0v) is 12.7. The van der Waals surface area contributed by atoms with E-state index in [2.05, 4.69) is 10.1 Å². The third kappa shape index (κ3) is 2.14. The Morgan fingerprint density at radius 2 is 2.09 bits per heavy atom. The van der Waals surface area contributed by atoms with Gasteiger partial charge >= 0.3 is 0 Å². The van der Waals surface area contributed by atoms with Crippen LogP contribution >= 0.6 is 0 Å². The summed E-state index contributed by atoms with van der Waals surface area (Å²) in [6.45, 7) is 2.84. The molecule has 0 radical (unpaired) electrons. The maximum atomic E-state index is 12.7. The molecule has 3 aromatic rings. The Balaban J connectivity index is 1.71. The van der Waals surface area contributed by atoms with Gasteiger partial charge in [0.05, 0.1) is 12.2 Å². The van der Waals surface area contributed by atoms with Gasteiger partial charge in [-0.1, -0.05) is 18.2 Å². The molecule has 0 aliphatic carbocycles. The molecule has 0 unspecified atom stereocenters. The molecule has 23 heavy (non-hydrogen) atoms. The van der Waals surface area contributed by atoms with E-state index < -0.39 is 0 Å². The lowest BCUT2D eigenvalue weighted by molar-refractivity contribution is 0.0730. The monoisotopic (exact) mass is 308 g/mol. The minimum Gasteiger partial charge on any atom is -0.332 e. The molecule has 1 aliphatic rings. The highest BCUT2D eigenvalue weighted by Crippen LogP contribution is 2.18. The summed E-state index contributed by atoms with van der Waals surface area (Å²) in [7, 11) is 0. The SMILES string of the molecule is Cc1ccccc1C(=O)N1CCc2c(nc3cc[nH]n3c2=O)C1. The second-order valence-corrected chi connectivity index (χ2v) is 5.79. The van der Waals surface area contributed by atoms with Crippen molar-refractivity contribution in [1.82, 2.24) is 19.5 Å². The van der Waals surface area contributed by atoms with Gasteiger partial charge in [0, 0.05) is 29.9 Å². The number of H-pyrrole nitrogens is 1. The highest BCUT2D eigenvalue weighted by atomic mass is 16.2. The van der Waals surface area contributed by atoms with Crippen LogP contribution in [0.5, 0.6) is 0 Å². The largest absolute Gasteiger partial charge is 0.332 e. The molecule has 0 bridgehead atoms. The smallest absolute Gasteiger partial charge is 0.276 e. The van der Waals surface area contributed by atoms with Crippen LogP contribution in [0, 0.1) is 6.92 Å². The number of aryl methyl sites for hydroxylation is 1. The van der Waals surface area contributed by atoms with Gasteiger partial charge in [-0.05, 0) is 25.0 Å². The molecule has 3 heterocycles. The van der Waals surface area contributed by atoms with Crippen LogP contribution in [-0.2, 0) is 13.0 Å². The third-order valence-electron chi connectivity index (χ3n) is 4.36. The van der Waals surface area contributed by atoms with Crippen molar-refractivity contribution in [1.29, 1.82) is 0 Å². The van der Waals surface area contributed by atoms with Gasteiger partial charge in [0.1, 0.15) is 0 Å². The van der Waals surface area contributed by atoms with Gasteiger partial charge in [-0.2, -0.15) is 0 Å². The number of aromatic amines is 1. The predicted octanol–water partition coefficient (Wildman–Crippen LogP) is 1.53. The number of fused-ring (bicyclic) bond motifs is 2. The summed E-state index contributed by atoms with van der Waals surface area (Å²) in [4.78, 5) is 31.4. The van der Waals surface area contributed by atoms with E-state index in [0.29, 0.717) is 42.0 Å². The van der Waals surface area contributed by atoms with E-state index in [1.807, 2.05) is 31.2 Å². The molecule has 1 amide bonds. The molecule has 0 saturated heterocycles. The van der Waals surface area contributed by atoms with E-state index in [0.717, 1.165) is 5.56 Å². The minimum absolute atomic E-state index is 0.00943. The van der Waals surface area contributed by atoms with Crippen molar-refractivity contribution in [3.05, 3.63) is 69.3 Å². The van der Waals surface area contributed by atoms with Gasteiger partial charge in [0.2, 0.25) is 0 Å². The van der Waals surface area contributed by atoms with Gasteiger partial charge in [0.15, 0.2) is 5.65 Å². The first kappa shape index (κ1) is 13.8. The normalized spacial score (nSPS) is 14.0. The van der Waals surface area contributed by atoms with Crippen LogP contribution in [0.15, 0.2) is 41.3 Å². The lowest BCUT2D eigenvalue weighted by Gasteiger charge is -2.28. The van der Waals surface area contributed by atoms with Crippen LogP contribution < -0.4 is 5.56 Å². The maximum absolute atomic E-state index is 12.7. The molecular weight excluding hydrogens is 292 g/mol. The molecule has 0 fully saturated rings. The van der Waals surface area contributed by atoms with Crippen LogP contribution in [-0.4, -0.2) is 31.9 Å². The highest BCUT2D eigenvalue weighted by Gasteiger charge is 2.26. The second kappa shape index (κ2) is 5.08. The average Bonchev–Trinajstić information content (AvgIpc) is 3.03. The lowest BCUT2D eigenvalue weighted by Crippen LogP contribution is -2.40. The van der Waals surface area contributed by atoms with E-state index in [1.165, 1.54) is 4.52 Å². The predicted molar refractivity (Wildman–Crippen MR) is 85.4 cm³/mol. The van der Waals surface area contributed by atoms with Crippen molar-refractivity contribution < 1.29 is 4.79 Å². The summed E-state index contributed by atoms with van der Waals surface area (Å²) < 4.78 is 1.44. The van der Waals surface area contributed by atoms with Gasteiger partial charge in [-0.15, -0.1) is 0 Å². The van der Waals surface area contributed by atoms with Gasteiger partial charge in [-0.3, -0.25) is 14.7 Å². The van der Waals surface area contributed by atoms with Crippen molar-refractivity contribution >= 4 is 11.6 Å². The summed E-state index contributed by atoms with van der Waals surface area (Å²) in [6, 6.07) is 9.31. The number of aromatic nitrogens is 3. The standard InChI is InChI=1S/C17H16N4O2/c1-11-4-2-3-5-12(11)16(22)20-9-7-13-14(10-20)19-15-6-8-18-21(15)17(13)23/h2-6,8,18H,7,9-10H2,1H3. The Bertz CT molecular complexity index is 970. The fourth-order valence-electron chi connectivity index (χ4n) is 3.09. The number of carbonyl (C=O) groups excluding carboxylic acids is 1. The van der Waals surface area contributed by atoms with Crippen LogP contribution in [0.3, 0.4) is 0 Å². The van der Waals surface area contributed by atoms with E-state index in [4.69, 9.17) is 0 Å². The Kier molecular flexibility index (Phi) is 3.04. The van der Waals surface area contributed by atoms with Crippen LogP contribution in [0.2, 0.25) is 0 Å². The number of rotatable bonds is 1. The number of nitrogens with one attached hydrogen (secondary N) is 1. The van der Waals surface area contributed by atoms with Crippen molar-refractivity contribution in [3.63, 3.8) is 0 Å². The fourth-order valence-corrected chi connectivity index (χ4v) is 3.09. The minimum atomic E-state index is -0.0713. The van der Waals surface area contributed by atoms with Crippen molar-refractivity contribution in [3.8, 4) is 0 Å². The molecule has 1 N–H and O–H groups in total. The van der Waals surface area contributed by atoms with E-state index in [9.17, 15) is 9.59 Å². The quantitative estimate of drug-likeness (QED) is 0.741. The number of carbonyl (C=O) groups is 1. The molecule has 2 aromatic heterocycles. The molecule has 0 saturated carbocycles. The first-order valence-electron chi connectivity index (χ1n) is 7.58. The van der Waals surface area contributed by atoms with Gasteiger partial charge in [0.25, 0.3) is 11.5 Å². The zero-order valence-electron chi connectivity index (χ0n) is 12.7. The molecule has 4 rings (SSSR count). The zero-order chi connectivity index (χ0) is 16.0. The fraction of sp³-hybridized carbons (Fsp3) is 0.235. The first-order chi connectivity index (χ1) is 11.1. The number of benzene rings is 1. The number of nitrogens with zero attached hydrogens (tertiary/aromatic N) is 3. The van der Waals surface area contributed by atoms with Crippen LogP contribution in [0.4, 0.5) is 0 Å². The van der Waals surface area contributed by atoms with E-state index in [1.54, 1.807) is 17.2 Å². The molecular formula is C17H16N4O2. The van der Waals surface area contributed by atoms with Crippen LogP contribution in [0.25, 0.3) is 5.65 Å². The van der Waals surface area contributed by atoms with Gasteiger partial charge in [-0.25, -0.2) is 9.50 Å². The molecule has 116 valence electrons. The molecule has 6 nitrogen and oxygen atoms in total. The number of hydrogen-bond donors (Lipinski definition) is 1. The summed E-state index contributed by atoms with van der Waals surface area (Å²) in [5, 5.41) is 2.87. The number of amides is 1. The van der Waals surface area contributed by atoms with Gasteiger partial charge < -0.3 is 4.90 Å². The van der Waals surface area contributed by atoms with E-state index in [-0.39, 0.29) is 11.5 Å². The van der Waals surface area contributed by atoms with E-state index >= 15 is 0 Å². The molecule has 0 spiro atoms. The Morgan fingerprint density at radius 3 is 2.91 bits per heavy atom. The maximum Gasteiger partial charge on any atom is 0.276 e. The Hall–Kier alpha value is -2.89. The van der Waals surface area contributed by atoms with Crippen molar-refractivity contribution in [2.24, 2.45) is 0 Å². The summed E-state index contributed by atoms with van der Waals surface area (Å²) >= 11 is 0. The molecule has 1 aromatic carbocycles. The van der Waals surface area contributed by atoms with Crippen LogP contribution in [0.1, 0.15) is 27.2 Å². The molecule has 1 aliphatic heterocycles. The summed E-state index contributed by atoms with van der Waals surface area (Å²) in [5.74, 6) is -0.00943. The molecule has 0 atom stereocenters. The topological polar surface area (TPSA) is 70.5 Å². The summed E-state index contributed by atoms with van der Waals surface area (Å²) in [5.41, 5.74) is 3.56. The number of hydrogen-bond acceptors (Lipinski definition) is 3. The Labute approximate surface area is 132 Å². The second-order valence-electron chi connectivity index (χ2n) is 5.79.